The Bertz CT molecular complexity index is 604. The topological polar surface area (TPSA) is 67.8 Å². The first-order chi connectivity index (χ1) is 9.17. The van der Waals surface area contributed by atoms with Gasteiger partial charge in [-0.1, -0.05) is 12.1 Å². The molecule has 1 aromatic rings. The third-order valence-corrected chi connectivity index (χ3v) is 4.79. The van der Waals surface area contributed by atoms with Crippen LogP contribution in [0.4, 0.5) is 0 Å². The lowest BCUT2D eigenvalue weighted by molar-refractivity contribution is 0.0225. The number of aliphatic imine (C=N–C) groups is 1. The van der Waals surface area contributed by atoms with Crippen LogP contribution in [0.25, 0.3) is 0 Å². The van der Waals surface area contributed by atoms with E-state index in [2.05, 4.69) is 9.71 Å². The highest BCUT2D eigenvalue weighted by Gasteiger charge is 2.30. The predicted molar refractivity (Wildman–Crippen MR) is 71.8 cm³/mol. The van der Waals surface area contributed by atoms with Crippen molar-refractivity contribution in [2.45, 2.75) is 30.3 Å². The van der Waals surface area contributed by atoms with E-state index >= 15 is 0 Å². The van der Waals surface area contributed by atoms with Crippen LogP contribution in [0.15, 0.2) is 34.2 Å². The number of fused-ring (bicyclic) bond motifs is 1. The van der Waals surface area contributed by atoms with Crippen molar-refractivity contribution in [3.05, 3.63) is 29.8 Å². The van der Waals surface area contributed by atoms with Crippen molar-refractivity contribution >= 4 is 15.9 Å². The first kappa shape index (κ1) is 12.6. The molecule has 6 heteroatoms. The van der Waals surface area contributed by atoms with E-state index in [1.54, 1.807) is 18.2 Å². The van der Waals surface area contributed by atoms with Gasteiger partial charge in [0.2, 0.25) is 0 Å². The summed E-state index contributed by atoms with van der Waals surface area (Å²) in [5, 5.41) is 0. The van der Waals surface area contributed by atoms with Crippen molar-refractivity contribution in [3.63, 3.8) is 0 Å². The van der Waals surface area contributed by atoms with Crippen LogP contribution in [0.3, 0.4) is 0 Å². The van der Waals surface area contributed by atoms with Gasteiger partial charge in [0, 0.05) is 12.2 Å². The lowest BCUT2D eigenvalue weighted by atomic mass is 10.1. The number of nitrogens with one attached hydrogen (secondary N) is 1. The maximum atomic E-state index is 11.9. The average Bonchev–Trinajstić information content (AvgIpc) is 2.70. The summed E-state index contributed by atoms with van der Waals surface area (Å²) in [4.78, 5) is 4.69. The van der Waals surface area contributed by atoms with E-state index in [1.807, 2.05) is 6.07 Å². The zero-order valence-electron chi connectivity index (χ0n) is 10.5. The molecule has 1 N–H and O–H groups in total. The average molecular weight is 280 g/mol. The molecule has 1 aromatic carbocycles. The summed E-state index contributed by atoms with van der Waals surface area (Å²) >= 11 is 0. The molecule has 2 aliphatic heterocycles. The molecule has 0 spiro atoms. The van der Waals surface area contributed by atoms with E-state index in [1.165, 1.54) is 0 Å². The highest BCUT2D eigenvalue weighted by molar-refractivity contribution is 7.90. The number of sulfonamides is 1. The molecule has 19 heavy (non-hydrogen) atoms. The molecule has 0 aromatic heterocycles. The van der Waals surface area contributed by atoms with E-state index < -0.39 is 10.0 Å². The van der Waals surface area contributed by atoms with Gasteiger partial charge in [0.15, 0.2) is 0 Å². The lowest BCUT2D eigenvalue weighted by Crippen LogP contribution is -2.26. The van der Waals surface area contributed by atoms with Gasteiger partial charge in [-0.25, -0.2) is 8.42 Å². The Hall–Kier alpha value is -1.40. The third kappa shape index (κ3) is 2.50. The summed E-state index contributed by atoms with van der Waals surface area (Å²) in [5.41, 5.74) is 0.651. The van der Waals surface area contributed by atoms with Crippen LogP contribution in [0.2, 0.25) is 0 Å². The van der Waals surface area contributed by atoms with Crippen LogP contribution in [0, 0.1) is 0 Å². The number of amidine groups is 1. The molecular weight excluding hydrogens is 264 g/mol. The van der Waals surface area contributed by atoms with E-state index in [9.17, 15) is 8.42 Å². The molecule has 0 bridgehead atoms. The van der Waals surface area contributed by atoms with Crippen LogP contribution in [0.1, 0.15) is 24.8 Å². The zero-order valence-corrected chi connectivity index (χ0v) is 11.3. The number of hydrogen-bond donors (Lipinski definition) is 1. The molecule has 1 unspecified atom stereocenters. The minimum absolute atomic E-state index is 0.110. The van der Waals surface area contributed by atoms with Gasteiger partial charge in [0.25, 0.3) is 10.0 Å². The van der Waals surface area contributed by atoms with Gasteiger partial charge >= 0.3 is 0 Å². The second-order valence-electron chi connectivity index (χ2n) is 4.78. The summed E-state index contributed by atoms with van der Waals surface area (Å²) in [5.74, 6) is 0.435. The molecule has 0 saturated carbocycles. The van der Waals surface area contributed by atoms with E-state index in [4.69, 9.17) is 4.74 Å². The molecule has 0 aliphatic carbocycles. The van der Waals surface area contributed by atoms with Crippen molar-refractivity contribution in [2.75, 3.05) is 13.2 Å². The van der Waals surface area contributed by atoms with Crippen LogP contribution in [-0.2, 0) is 14.8 Å². The van der Waals surface area contributed by atoms with Gasteiger partial charge < -0.3 is 4.74 Å². The molecule has 0 amide bonds. The normalized spacial score (nSPS) is 26.9. The SMILES string of the molecule is O=S1(=O)NC(=NCC2CCCCO2)c2ccccc21. The summed E-state index contributed by atoms with van der Waals surface area (Å²) in [6, 6.07) is 6.89. The van der Waals surface area contributed by atoms with Gasteiger partial charge in [-0.15, -0.1) is 0 Å². The molecule has 1 fully saturated rings. The van der Waals surface area contributed by atoms with Gasteiger partial charge in [-0.05, 0) is 31.4 Å². The van der Waals surface area contributed by atoms with Crippen LogP contribution in [0.5, 0.6) is 0 Å². The lowest BCUT2D eigenvalue weighted by Gasteiger charge is -2.20. The molecular formula is C13H16N2O3S. The second kappa shape index (κ2) is 4.94. The zero-order chi connectivity index (χ0) is 13.3. The van der Waals surface area contributed by atoms with Crippen LogP contribution in [-0.4, -0.2) is 33.5 Å². The Morgan fingerprint density at radius 1 is 1.32 bits per heavy atom. The van der Waals surface area contributed by atoms with Crippen molar-refractivity contribution in [1.29, 1.82) is 0 Å². The predicted octanol–water partition coefficient (Wildman–Crippen LogP) is 1.29. The fourth-order valence-corrected chi connectivity index (χ4v) is 3.65. The summed E-state index contributed by atoms with van der Waals surface area (Å²) in [7, 11) is -3.43. The minimum Gasteiger partial charge on any atom is -0.376 e. The van der Waals surface area contributed by atoms with Gasteiger partial charge in [0.05, 0.1) is 17.5 Å². The van der Waals surface area contributed by atoms with Crippen molar-refractivity contribution in [1.82, 2.24) is 4.72 Å². The maximum Gasteiger partial charge on any atom is 0.263 e. The van der Waals surface area contributed by atoms with Crippen molar-refractivity contribution < 1.29 is 13.2 Å². The van der Waals surface area contributed by atoms with Crippen LogP contribution < -0.4 is 4.72 Å². The Labute approximate surface area is 112 Å². The monoisotopic (exact) mass is 280 g/mol. The molecule has 5 nitrogen and oxygen atoms in total. The quantitative estimate of drug-likeness (QED) is 0.887. The second-order valence-corrected chi connectivity index (χ2v) is 6.43. The van der Waals surface area contributed by atoms with Crippen molar-refractivity contribution in [2.24, 2.45) is 4.99 Å². The largest absolute Gasteiger partial charge is 0.376 e. The minimum atomic E-state index is -3.43. The first-order valence-electron chi connectivity index (χ1n) is 6.45. The van der Waals surface area contributed by atoms with E-state index in [0.29, 0.717) is 22.8 Å². The Balaban J connectivity index is 1.83. The highest BCUT2D eigenvalue weighted by Crippen LogP contribution is 2.22. The van der Waals surface area contributed by atoms with Gasteiger partial charge in [0.1, 0.15) is 5.84 Å². The maximum absolute atomic E-state index is 11.9. The summed E-state index contributed by atoms with van der Waals surface area (Å²) in [6.45, 7) is 1.28. The molecule has 1 atom stereocenters. The number of ether oxygens (including phenoxy) is 1. The summed E-state index contributed by atoms with van der Waals surface area (Å²) < 4.78 is 31.9. The standard InChI is InChI=1S/C13H16N2O3S/c16-19(17)12-7-2-1-6-11(12)13(15-19)14-9-10-5-3-4-8-18-10/h1-2,6-7,10H,3-5,8-9H2,(H,14,15). The Morgan fingerprint density at radius 2 is 2.16 bits per heavy atom. The number of hydrogen-bond acceptors (Lipinski definition) is 4. The molecule has 2 aliphatic rings. The van der Waals surface area contributed by atoms with Gasteiger partial charge in [-0.3, -0.25) is 9.71 Å². The molecule has 102 valence electrons. The smallest absolute Gasteiger partial charge is 0.263 e. The molecule has 1 saturated heterocycles. The molecule has 0 radical (unpaired) electrons. The number of rotatable bonds is 2. The molecule has 2 heterocycles. The summed E-state index contributed by atoms with van der Waals surface area (Å²) in [6.07, 6.45) is 3.35. The number of benzene rings is 1. The molecule has 3 rings (SSSR count). The Morgan fingerprint density at radius 3 is 2.95 bits per heavy atom. The fraction of sp³-hybridized carbons (Fsp3) is 0.462. The van der Waals surface area contributed by atoms with Gasteiger partial charge in [-0.2, -0.15) is 0 Å². The highest BCUT2D eigenvalue weighted by atomic mass is 32.2. The first-order valence-corrected chi connectivity index (χ1v) is 7.93. The number of nitrogens with zero attached hydrogens (tertiary/aromatic N) is 1. The van der Waals surface area contributed by atoms with Crippen molar-refractivity contribution in [3.8, 4) is 0 Å². The van der Waals surface area contributed by atoms with E-state index in [-0.39, 0.29) is 6.10 Å². The third-order valence-electron chi connectivity index (χ3n) is 3.39. The Kier molecular flexibility index (Phi) is 3.28. The van der Waals surface area contributed by atoms with E-state index in [0.717, 1.165) is 25.9 Å². The fourth-order valence-electron chi connectivity index (χ4n) is 2.40. The van der Waals surface area contributed by atoms with Crippen LogP contribution >= 0.6 is 0 Å².